The van der Waals surface area contributed by atoms with Gasteiger partial charge in [-0.2, -0.15) is 0 Å². The molecule has 0 aromatic heterocycles. The van der Waals surface area contributed by atoms with Crippen LogP contribution in [0.2, 0.25) is 0 Å². The van der Waals surface area contributed by atoms with Crippen LogP contribution in [0.25, 0.3) is 11.1 Å². The van der Waals surface area contributed by atoms with Gasteiger partial charge in [0.15, 0.2) is 0 Å². The molecule has 7 nitrogen and oxygen atoms in total. The van der Waals surface area contributed by atoms with Gasteiger partial charge < -0.3 is 20.1 Å². The standard InChI is InChI=1S/C27H32N2O5/c1-17(26(31)32)29(2)25(30)15-18-9-3-8-14-24(18)28-27(33)34-16-23-21-12-6-4-10-19(21)20-11-5-7-13-22(20)23/h4-7,10-13,17-18,23-24H,3,8-9,14-16H2,1-2H3,(H,28,33)(H,31,32)/t17-,18+,24+/m0/s1. The summed E-state index contributed by atoms with van der Waals surface area (Å²) in [6, 6.07) is 15.4. The van der Waals surface area contributed by atoms with E-state index in [0.29, 0.717) is 0 Å². The van der Waals surface area contributed by atoms with E-state index in [9.17, 15) is 19.5 Å². The van der Waals surface area contributed by atoms with Gasteiger partial charge in [-0.25, -0.2) is 9.59 Å². The maximum Gasteiger partial charge on any atom is 0.407 e. The van der Waals surface area contributed by atoms with Crippen LogP contribution in [0.15, 0.2) is 48.5 Å². The Bertz CT molecular complexity index is 1020. The number of likely N-dealkylation sites (N-methyl/N-ethyl adjacent to an activating group) is 1. The van der Waals surface area contributed by atoms with Crippen LogP contribution in [0.1, 0.15) is 56.1 Å². The van der Waals surface area contributed by atoms with Crippen LogP contribution in [0, 0.1) is 5.92 Å². The first-order valence-corrected chi connectivity index (χ1v) is 12.0. The van der Waals surface area contributed by atoms with Crippen molar-refractivity contribution in [2.24, 2.45) is 5.92 Å². The molecule has 2 amide bonds. The van der Waals surface area contributed by atoms with Crippen molar-refractivity contribution < 1.29 is 24.2 Å². The first-order valence-electron chi connectivity index (χ1n) is 12.0. The SMILES string of the molecule is C[C@@H](C(=O)O)N(C)C(=O)C[C@H]1CCCC[C@H]1NC(=O)OCC1c2ccccc2-c2ccccc21. The van der Waals surface area contributed by atoms with Gasteiger partial charge in [0.2, 0.25) is 5.91 Å². The lowest BCUT2D eigenvalue weighted by atomic mass is 9.82. The molecule has 180 valence electrons. The molecule has 2 aliphatic carbocycles. The smallest absolute Gasteiger partial charge is 0.407 e. The van der Waals surface area contributed by atoms with Crippen molar-refractivity contribution in [2.45, 2.75) is 57.0 Å². The molecule has 2 aromatic rings. The number of rotatable bonds is 7. The number of hydrogen-bond donors (Lipinski definition) is 2. The molecule has 1 saturated carbocycles. The van der Waals surface area contributed by atoms with Crippen molar-refractivity contribution >= 4 is 18.0 Å². The van der Waals surface area contributed by atoms with Gasteiger partial charge in [0, 0.05) is 25.4 Å². The molecule has 0 unspecified atom stereocenters. The summed E-state index contributed by atoms with van der Waals surface area (Å²) >= 11 is 0. The molecule has 0 spiro atoms. The number of ether oxygens (including phenoxy) is 1. The number of carboxylic acids is 1. The molecule has 2 aromatic carbocycles. The Balaban J connectivity index is 1.37. The number of fused-ring (bicyclic) bond motifs is 3. The van der Waals surface area contributed by atoms with Gasteiger partial charge in [-0.3, -0.25) is 4.79 Å². The lowest BCUT2D eigenvalue weighted by molar-refractivity contribution is -0.148. The number of hydrogen-bond acceptors (Lipinski definition) is 4. The van der Waals surface area contributed by atoms with E-state index in [1.54, 1.807) is 0 Å². The van der Waals surface area contributed by atoms with Gasteiger partial charge in [0.1, 0.15) is 12.6 Å². The van der Waals surface area contributed by atoms with E-state index in [1.807, 2.05) is 24.3 Å². The van der Waals surface area contributed by atoms with Crippen LogP contribution < -0.4 is 5.32 Å². The topological polar surface area (TPSA) is 95.9 Å². The maximum absolute atomic E-state index is 12.7. The van der Waals surface area contributed by atoms with Gasteiger partial charge in [0.25, 0.3) is 0 Å². The fraction of sp³-hybridized carbons (Fsp3) is 0.444. The number of nitrogens with one attached hydrogen (secondary N) is 1. The summed E-state index contributed by atoms with van der Waals surface area (Å²) in [5.41, 5.74) is 4.68. The number of alkyl carbamates (subject to hydrolysis) is 1. The Morgan fingerprint density at radius 3 is 2.24 bits per heavy atom. The van der Waals surface area contributed by atoms with Crippen molar-refractivity contribution in [3.05, 3.63) is 59.7 Å². The zero-order chi connectivity index (χ0) is 24.2. The number of amides is 2. The molecule has 3 atom stereocenters. The fourth-order valence-electron chi connectivity index (χ4n) is 5.18. The molecular weight excluding hydrogens is 432 g/mol. The molecule has 2 aliphatic rings. The third-order valence-corrected chi connectivity index (χ3v) is 7.32. The highest BCUT2D eigenvalue weighted by molar-refractivity contribution is 5.83. The minimum atomic E-state index is -1.03. The van der Waals surface area contributed by atoms with E-state index in [1.165, 1.54) is 30.0 Å². The van der Waals surface area contributed by atoms with Crippen molar-refractivity contribution in [3.8, 4) is 11.1 Å². The summed E-state index contributed by atoms with van der Waals surface area (Å²) < 4.78 is 5.69. The second-order valence-corrected chi connectivity index (χ2v) is 9.34. The second kappa shape index (κ2) is 10.3. The minimum Gasteiger partial charge on any atom is -0.480 e. The Morgan fingerprint density at radius 2 is 1.62 bits per heavy atom. The summed E-state index contributed by atoms with van der Waals surface area (Å²) in [7, 11) is 1.51. The molecule has 0 radical (unpaired) electrons. The molecule has 4 rings (SSSR count). The van der Waals surface area contributed by atoms with Crippen molar-refractivity contribution in [2.75, 3.05) is 13.7 Å². The van der Waals surface area contributed by atoms with Crippen LogP contribution in [0.4, 0.5) is 4.79 Å². The molecule has 0 aliphatic heterocycles. The van der Waals surface area contributed by atoms with E-state index in [4.69, 9.17) is 4.74 Å². The predicted octanol–water partition coefficient (Wildman–Crippen LogP) is 4.41. The quantitative estimate of drug-likeness (QED) is 0.633. The molecule has 2 N–H and O–H groups in total. The summed E-state index contributed by atoms with van der Waals surface area (Å²) in [4.78, 5) is 37.9. The lowest BCUT2D eigenvalue weighted by Crippen LogP contribution is -2.46. The third kappa shape index (κ3) is 4.93. The average Bonchev–Trinajstić information content (AvgIpc) is 3.16. The summed E-state index contributed by atoms with van der Waals surface area (Å²) in [5.74, 6) is -1.30. The highest BCUT2D eigenvalue weighted by atomic mass is 16.5. The van der Waals surface area contributed by atoms with Crippen LogP contribution >= 0.6 is 0 Å². The molecule has 0 heterocycles. The number of carboxylic acid groups (broad SMARTS) is 1. The van der Waals surface area contributed by atoms with Crippen LogP contribution in [0.5, 0.6) is 0 Å². The predicted molar refractivity (Wildman–Crippen MR) is 128 cm³/mol. The molecule has 7 heteroatoms. The van der Waals surface area contributed by atoms with E-state index in [-0.39, 0.29) is 36.8 Å². The van der Waals surface area contributed by atoms with Gasteiger partial charge in [-0.05, 0) is 47.9 Å². The third-order valence-electron chi connectivity index (χ3n) is 7.32. The summed E-state index contributed by atoms with van der Waals surface area (Å²) in [6.07, 6.45) is 3.29. The molecule has 0 bridgehead atoms. The number of carbonyl (C=O) groups is 3. The Labute approximate surface area is 200 Å². The molecule has 34 heavy (non-hydrogen) atoms. The van der Waals surface area contributed by atoms with Crippen molar-refractivity contribution in [1.29, 1.82) is 0 Å². The van der Waals surface area contributed by atoms with Gasteiger partial charge in [0.05, 0.1) is 0 Å². The lowest BCUT2D eigenvalue weighted by Gasteiger charge is -2.33. The first-order chi connectivity index (χ1) is 16.4. The van der Waals surface area contributed by atoms with Crippen LogP contribution in [-0.4, -0.2) is 53.7 Å². The Hall–Kier alpha value is -3.35. The van der Waals surface area contributed by atoms with Gasteiger partial charge in [-0.1, -0.05) is 61.4 Å². The van der Waals surface area contributed by atoms with Gasteiger partial charge >= 0.3 is 12.1 Å². The number of benzene rings is 2. The maximum atomic E-state index is 12.7. The highest BCUT2D eigenvalue weighted by Gasteiger charge is 2.33. The van der Waals surface area contributed by atoms with Gasteiger partial charge in [-0.15, -0.1) is 0 Å². The van der Waals surface area contributed by atoms with Crippen molar-refractivity contribution in [3.63, 3.8) is 0 Å². The number of carbonyl (C=O) groups excluding carboxylic acids is 2. The monoisotopic (exact) mass is 464 g/mol. The molecule has 0 saturated heterocycles. The molecular formula is C27H32N2O5. The average molecular weight is 465 g/mol. The first kappa shape index (κ1) is 23.8. The number of aliphatic carboxylic acids is 1. The second-order valence-electron chi connectivity index (χ2n) is 9.34. The summed E-state index contributed by atoms with van der Waals surface area (Å²) in [5, 5.41) is 12.2. The van der Waals surface area contributed by atoms with Crippen LogP contribution in [-0.2, 0) is 14.3 Å². The normalized spacial score (nSPS) is 20.1. The minimum absolute atomic E-state index is 0.00645. The Kier molecular flexibility index (Phi) is 7.20. The Morgan fingerprint density at radius 1 is 1.03 bits per heavy atom. The number of nitrogens with zero attached hydrogens (tertiary/aromatic N) is 1. The summed E-state index contributed by atoms with van der Waals surface area (Å²) in [6.45, 7) is 1.74. The highest BCUT2D eigenvalue weighted by Crippen LogP contribution is 2.44. The van der Waals surface area contributed by atoms with E-state index in [0.717, 1.165) is 36.8 Å². The largest absolute Gasteiger partial charge is 0.480 e. The van der Waals surface area contributed by atoms with Crippen molar-refractivity contribution in [1.82, 2.24) is 10.2 Å². The zero-order valence-electron chi connectivity index (χ0n) is 19.7. The molecule has 1 fully saturated rings. The fourth-order valence-corrected chi connectivity index (χ4v) is 5.18. The van der Waals surface area contributed by atoms with E-state index >= 15 is 0 Å². The van der Waals surface area contributed by atoms with E-state index < -0.39 is 18.1 Å². The van der Waals surface area contributed by atoms with E-state index in [2.05, 4.69) is 29.6 Å². The zero-order valence-corrected chi connectivity index (χ0v) is 19.7. The van der Waals surface area contributed by atoms with Crippen LogP contribution in [0.3, 0.4) is 0 Å².